The molecule has 0 heterocycles. The lowest BCUT2D eigenvalue weighted by atomic mass is 9.98. The predicted octanol–water partition coefficient (Wildman–Crippen LogP) is 1.06. The largest absolute Gasteiger partial charge is 0.387 e. The number of carbonyl (C=O) groups is 1. The maximum atomic E-state index is 10.4. The Morgan fingerprint density at radius 1 is 1.38 bits per heavy atom. The fourth-order valence-corrected chi connectivity index (χ4v) is 1.03. The Bertz CT molecular complexity index is 315. The first-order valence-corrected chi connectivity index (χ1v) is 3.87. The molecule has 0 aliphatic rings. The van der Waals surface area contributed by atoms with Crippen LogP contribution in [-0.4, -0.2) is 11.4 Å². The summed E-state index contributed by atoms with van der Waals surface area (Å²) in [5.74, 6) is -0.984. The molecule has 3 heteroatoms. The van der Waals surface area contributed by atoms with Gasteiger partial charge in [0.2, 0.25) is 0 Å². The maximum absolute atomic E-state index is 10.4. The monoisotopic (exact) mass is 175 g/mol. The van der Waals surface area contributed by atoms with Crippen LogP contribution in [0.3, 0.4) is 0 Å². The number of hydrogen-bond donors (Lipinski definition) is 1. The molecule has 0 radical (unpaired) electrons. The Balaban J connectivity index is 2.85. The summed E-state index contributed by atoms with van der Waals surface area (Å²) in [6.07, 6.45) is -0.568. The van der Waals surface area contributed by atoms with Gasteiger partial charge in [0.1, 0.15) is 18.3 Å². The van der Waals surface area contributed by atoms with Crippen molar-refractivity contribution in [3.63, 3.8) is 0 Å². The molecule has 0 saturated carbocycles. The van der Waals surface area contributed by atoms with Crippen LogP contribution in [0.25, 0.3) is 0 Å². The number of hydrogen-bond acceptors (Lipinski definition) is 3. The molecule has 0 saturated heterocycles. The lowest BCUT2D eigenvalue weighted by molar-refractivity contribution is -0.112. The van der Waals surface area contributed by atoms with Crippen LogP contribution in [0.2, 0.25) is 0 Å². The highest BCUT2D eigenvalue weighted by Gasteiger charge is 2.18. The normalized spacial score (nSPS) is 14.2. The summed E-state index contributed by atoms with van der Waals surface area (Å²) in [4.78, 5) is 10.4. The predicted molar refractivity (Wildman–Crippen MR) is 46.6 cm³/mol. The molecule has 2 unspecified atom stereocenters. The van der Waals surface area contributed by atoms with Gasteiger partial charge in [-0.2, -0.15) is 5.26 Å². The molecule has 1 N–H and O–H groups in total. The molecule has 1 rings (SSSR count). The topological polar surface area (TPSA) is 61.1 Å². The van der Waals surface area contributed by atoms with Gasteiger partial charge in [-0.15, -0.1) is 0 Å². The van der Waals surface area contributed by atoms with Crippen molar-refractivity contribution in [3.05, 3.63) is 35.9 Å². The Kier molecular flexibility index (Phi) is 3.18. The molecule has 0 spiro atoms. The summed E-state index contributed by atoms with van der Waals surface area (Å²) in [5.41, 5.74) is 0.584. The number of rotatable bonds is 3. The van der Waals surface area contributed by atoms with E-state index in [1.54, 1.807) is 36.4 Å². The average Bonchev–Trinajstić information content (AvgIpc) is 2.21. The molecule has 0 aliphatic carbocycles. The first kappa shape index (κ1) is 9.43. The molecule has 3 nitrogen and oxygen atoms in total. The minimum absolute atomic E-state index is 0.456. The zero-order chi connectivity index (χ0) is 9.68. The fourth-order valence-electron chi connectivity index (χ4n) is 1.03. The minimum atomic E-state index is -1.02. The van der Waals surface area contributed by atoms with Gasteiger partial charge in [-0.05, 0) is 5.56 Å². The van der Waals surface area contributed by atoms with Crippen LogP contribution >= 0.6 is 0 Å². The van der Waals surface area contributed by atoms with E-state index < -0.39 is 12.0 Å². The summed E-state index contributed by atoms with van der Waals surface area (Å²) in [5, 5.41) is 18.0. The van der Waals surface area contributed by atoms with Crippen molar-refractivity contribution < 1.29 is 9.90 Å². The van der Waals surface area contributed by atoms with Gasteiger partial charge < -0.3 is 9.90 Å². The van der Waals surface area contributed by atoms with Gasteiger partial charge in [0, 0.05) is 0 Å². The van der Waals surface area contributed by atoms with E-state index in [0.717, 1.165) is 0 Å². The Hall–Kier alpha value is -1.66. The molecule has 0 aromatic heterocycles. The number of carbonyl (C=O) groups excluding carboxylic acids is 1. The van der Waals surface area contributed by atoms with Crippen LogP contribution in [0, 0.1) is 17.2 Å². The third kappa shape index (κ3) is 2.14. The SMILES string of the molecule is N#CC(C=O)C(O)c1ccccc1. The summed E-state index contributed by atoms with van der Waals surface area (Å²) in [6, 6.07) is 10.4. The molecule has 1 aromatic rings. The maximum Gasteiger partial charge on any atom is 0.140 e. The second kappa shape index (κ2) is 4.39. The van der Waals surface area contributed by atoms with Crippen molar-refractivity contribution in [3.8, 4) is 6.07 Å². The first-order valence-electron chi connectivity index (χ1n) is 3.87. The molecular weight excluding hydrogens is 166 g/mol. The molecule has 13 heavy (non-hydrogen) atoms. The lowest BCUT2D eigenvalue weighted by Crippen LogP contribution is -2.11. The molecular formula is C10H9NO2. The first-order chi connectivity index (χ1) is 6.29. The van der Waals surface area contributed by atoms with Crippen molar-refractivity contribution in [2.75, 3.05) is 0 Å². The Morgan fingerprint density at radius 3 is 2.46 bits per heavy atom. The summed E-state index contributed by atoms with van der Waals surface area (Å²) < 4.78 is 0. The van der Waals surface area contributed by atoms with Gasteiger partial charge in [0.15, 0.2) is 0 Å². The smallest absolute Gasteiger partial charge is 0.140 e. The molecule has 0 amide bonds. The lowest BCUT2D eigenvalue weighted by Gasteiger charge is -2.10. The van der Waals surface area contributed by atoms with E-state index in [1.165, 1.54) is 0 Å². The highest BCUT2D eigenvalue weighted by Crippen LogP contribution is 2.19. The van der Waals surface area contributed by atoms with Crippen LogP contribution in [0.1, 0.15) is 11.7 Å². The second-order valence-electron chi connectivity index (χ2n) is 2.65. The van der Waals surface area contributed by atoms with Crippen molar-refractivity contribution in [2.45, 2.75) is 6.10 Å². The number of aliphatic hydroxyl groups excluding tert-OH is 1. The summed E-state index contributed by atoms with van der Waals surface area (Å²) in [6.45, 7) is 0. The van der Waals surface area contributed by atoms with E-state index in [1.807, 2.05) is 0 Å². The standard InChI is InChI=1S/C10H9NO2/c11-6-9(7-12)10(13)8-4-2-1-3-5-8/h1-5,7,9-10,13H. The zero-order valence-corrected chi connectivity index (χ0v) is 6.92. The number of nitriles is 1. The van der Waals surface area contributed by atoms with E-state index in [0.29, 0.717) is 11.8 Å². The van der Waals surface area contributed by atoms with Gasteiger partial charge in [-0.1, -0.05) is 30.3 Å². The number of aliphatic hydroxyl groups is 1. The van der Waals surface area contributed by atoms with Crippen molar-refractivity contribution in [2.24, 2.45) is 5.92 Å². The van der Waals surface area contributed by atoms with Gasteiger partial charge in [-0.25, -0.2) is 0 Å². The third-order valence-corrected chi connectivity index (χ3v) is 1.78. The minimum Gasteiger partial charge on any atom is -0.387 e. The van der Waals surface area contributed by atoms with Crippen molar-refractivity contribution in [1.82, 2.24) is 0 Å². The quantitative estimate of drug-likeness (QED) is 0.698. The van der Waals surface area contributed by atoms with Crippen LogP contribution in [-0.2, 0) is 4.79 Å². The van der Waals surface area contributed by atoms with E-state index in [9.17, 15) is 9.90 Å². The van der Waals surface area contributed by atoms with E-state index in [4.69, 9.17) is 5.26 Å². The molecule has 0 fully saturated rings. The molecule has 0 bridgehead atoms. The Labute approximate surface area is 76.2 Å². The van der Waals surface area contributed by atoms with Gasteiger partial charge in [0.05, 0.1) is 6.07 Å². The van der Waals surface area contributed by atoms with E-state index >= 15 is 0 Å². The van der Waals surface area contributed by atoms with Crippen LogP contribution in [0.15, 0.2) is 30.3 Å². The molecule has 66 valence electrons. The molecule has 2 atom stereocenters. The summed E-state index contributed by atoms with van der Waals surface area (Å²) >= 11 is 0. The van der Waals surface area contributed by atoms with Crippen molar-refractivity contribution >= 4 is 6.29 Å². The highest BCUT2D eigenvalue weighted by atomic mass is 16.3. The van der Waals surface area contributed by atoms with Crippen LogP contribution in [0.5, 0.6) is 0 Å². The fraction of sp³-hybridized carbons (Fsp3) is 0.200. The van der Waals surface area contributed by atoms with Crippen LogP contribution in [0.4, 0.5) is 0 Å². The molecule has 1 aromatic carbocycles. The zero-order valence-electron chi connectivity index (χ0n) is 6.92. The van der Waals surface area contributed by atoms with Gasteiger partial charge in [-0.3, -0.25) is 0 Å². The van der Waals surface area contributed by atoms with Crippen LogP contribution < -0.4 is 0 Å². The summed E-state index contributed by atoms with van der Waals surface area (Å²) in [7, 11) is 0. The number of nitrogens with zero attached hydrogens (tertiary/aromatic N) is 1. The highest BCUT2D eigenvalue weighted by molar-refractivity contribution is 5.59. The number of benzene rings is 1. The van der Waals surface area contributed by atoms with Crippen molar-refractivity contribution in [1.29, 1.82) is 5.26 Å². The third-order valence-electron chi connectivity index (χ3n) is 1.78. The van der Waals surface area contributed by atoms with E-state index in [-0.39, 0.29) is 0 Å². The average molecular weight is 175 g/mol. The van der Waals surface area contributed by atoms with Gasteiger partial charge in [0.25, 0.3) is 0 Å². The van der Waals surface area contributed by atoms with Gasteiger partial charge >= 0.3 is 0 Å². The van der Waals surface area contributed by atoms with E-state index in [2.05, 4.69) is 0 Å². The second-order valence-corrected chi connectivity index (χ2v) is 2.65. The number of aldehydes is 1. The Morgan fingerprint density at radius 2 is 2.00 bits per heavy atom. The molecule has 0 aliphatic heterocycles.